The van der Waals surface area contributed by atoms with Crippen molar-refractivity contribution >= 4 is 51.0 Å². The first-order valence-corrected chi connectivity index (χ1v) is 18.5. The summed E-state index contributed by atoms with van der Waals surface area (Å²) in [6.45, 7) is 6.61. The first-order valence-electron chi connectivity index (χ1n) is 11.7. The van der Waals surface area contributed by atoms with Crippen molar-refractivity contribution in [2.24, 2.45) is 0 Å². The van der Waals surface area contributed by atoms with Gasteiger partial charge in [0, 0.05) is 35.9 Å². The van der Waals surface area contributed by atoms with Crippen LogP contribution in [0.2, 0.25) is 0 Å². The minimum atomic E-state index is -5.73. The smallest absolute Gasteiger partial charge is 0.364 e. The van der Waals surface area contributed by atoms with Gasteiger partial charge < -0.3 is 34.4 Å². The third-order valence-electron chi connectivity index (χ3n) is 5.10. The highest BCUT2D eigenvalue weighted by Crippen LogP contribution is 2.66. The average molecular weight is 688 g/mol. The van der Waals surface area contributed by atoms with Crippen LogP contribution in [-0.4, -0.2) is 71.1 Å². The highest BCUT2D eigenvalue weighted by atomic mass is 33.1. The molecular formula is C18H32N3O15P3S2. The van der Waals surface area contributed by atoms with Crippen LogP contribution in [0.15, 0.2) is 15.8 Å². The number of carbonyl (C=O) groups excluding carboxylic acids is 1. The standard InChI is InChI=1S/C18H32N3O15P3S2/c1-5-14(22)19-9-18(3,4)41-40-10-32-12-6-15(21-7-11(2)16(23)20-17(21)24)34-13(12)8-33-38(28,29)36-39(30,31)35-37(25,26)27/h7,12-13,15H,5-6,8-10H2,1-4H3,(H,19,22)(H,28,29)(H,30,31)(H,20,23,24)(H2,25,26,27)/t12-,13?,15-/m1/s1. The fourth-order valence-electron chi connectivity index (χ4n) is 3.23. The van der Waals surface area contributed by atoms with E-state index in [9.17, 15) is 37.9 Å². The van der Waals surface area contributed by atoms with Gasteiger partial charge in [0.1, 0.15) is 18.3 Å². The zero-order valence-corrected chi connectivity index (χ0v) is 26.5. The molecule has 41 heavy (non-hydrogen) atoms. The van der Waals surface area contributed by atoms with Crippen molar-refractivity contribution in [3.8, 4) is 0 Å². The van der Waals surface area contributed by atoms with Crippen molar-refractivity contribution in [2.75, 3.05) is 19.1 Å². The maximum atomic E-state index is 12.4. The Morgan fingerprint density at radius 2 is 1.85 bits per heavy atom. The topological polar surface area (TPSA) is 262 Å². The van der Waals surface area contributed by atoms with E-state index in [4.69, 9.17) is 23.8 Å². The van der Waals surface area contributed by atoms with Gasteiger partial charge in [-0.3, -0.25) is 23.7 Å². The minimum Gasteiger partial charge on any atom is -0.364 e. The van der Waals surface area contributed by atoms with Crippen molar-refractivity contribution in [2.45, 2.75) is 63.7 Å². The molecule has 6 N–H and O–H groups in total. The summed E-state index contributed by atoms with van der Waals surface area (Å²) in [6, 6.07) is 0. The molecule has 3 unspecified atom stereocenters. The molecule has 1 aromatic rings. The summed E-state index contributed by atoms with van der Waals surface area (Å²) in [5.41, 5.74) is -1.20. The number of phosphoric ester groups is 1. The summed E-state index contributed by atoms with van der Waals surface area (Å²) < 4.78 is 59.0. The summed E-state index contributed by atoms with van der Waals surface area (Å²) in [6.07, 6.45) is -1.44. The van der Waals surface area contributed by atoms with Gasteiger partial charge in [0.05, 0.1) is 12.7 Å². The summed E-state index contributed by atoms with van der Waals surface area (Å²) in [7, 11) is -14.0. The molecule has 18 nitrogen and oxygen atoms in total. The molecule has 2 heterocycles. The molecule has 1 amide bonds. The van der Waals surface area contributed by atoms with Crippen molar-refractivity contribution in [1.82, 2.24) is 14.9 Å². The normalized spacial score (nSPS) is 22.7. The van der Waals surface area contributed by atoms with Crippen LogP contribution < -0.4 is 16.6 Å². The van der Waals surface area contributed by atoms with Crippen molar-refractivity contribution in [3.05, 3.63) is 32.6 Å². The number of aromatic amines is 1. The van der Waals surface area contributed by atoms with Crippen LogP contribution in [-0.2, 0) is 41.1 Å². The first kappa shape index (κ1) is 36.4. The van der Waals surface area contributed by atoms with Gasteiger partial charge in [-0.15, -0.1) is 0 Å². The lowest BCUT2D eigenvalue weighted by Gasteiger charge is -2.24. The third-order valence-corrected chi connectivity index (χ3v) is 11.8. The largest absolute Gasteiger partial charge is 0.490 e. The predicted molar refractivity (Wildman–Crippen MR) is 147 cm³/mol. The second-order valence-electron chi connectivity index (χ2n) is 9.14. The van der Waals surface area contributed by atoms with E-state index in [0.29, 0.717) is 13.0 Å². The Morgan fingerprint density at radius 3 is 2.46 bits per heavy atom. The van der Waals surface area contributed by atoms with Gasteiger partial charge in [-0.2, -0.15) is 8.62 Å². The van der Waals surface area contributed by atoms with Crippen molar-refractivity contribution in [3.63, 3.8) is 0 Å². The zero-order valence-electron chi connectivity index (χ0n) is 22.2. The van der Waals surface area contributed by atoms with Crippen LogP contribution in [0.25, 0.3) is 0 Å². The molecule has 0 bridgehead atoms. The molecule has 0 aromatic carbocycles. The number of phosphoric acid groups is 3. The fourth-order valence-corrected chi connectivity index (χ4v) is 8.44. The highest BCUT2D eigenvalue weighted by molar-refractivity contribution is 8.77. The Morgan fingerprint density at radius 1 is 1.20 bits per heavy atom. The molecule has 23 heteroatoms. The van der Waals surface area contributed by atoms with Gasteiger partial charge in [0.15, 0.2) is 0 Å². The summed E-state index contributed by atoms with van der Waals surface area (Å²) in [4.78, 5) is 74.3. The number of amides is 1. The summed E-state index contributed by atoms with van der Waals surface area (Å²) in [5, 5.41) is 2.80. The number of aromatic nitrogens is 2. The highest BCUT2D eigenvalue weighted by Gasteiger charge is 2.43. The Kier molecular flexibility index (Phi) is 13.1. The van der Waals surface area contributed by atoms with Crippen LogP contribution in [0.1, 0.15) is 45.4 Å². The molecule has 1 aromatic heterocycles. The van der Waals surface area contributed by atoms with E-state index in [1.807, 2.05) is 13.8 Å². The Bertz CT molecular complexity index is 1330. The lowest BCUT2D eigenvalue weighted by atomic mass is 10.2. The molecule has 236 valence electrons. The monoisotopic (exact) mass is 687 g/mol. The number of aryl methyl sites for hydroxylation is 1. The van der Waals surface area contributed by atoms with Gasteiger partial charge in [0.2, 0.25) is 5.91 Å². The second kappa shape index (κ2) is 14.8. The Hall–Kier alpha value is -0.820. The van der Waals surface area contributed by atoms with E-state index < -0.39 is 59.8 Å². The molecule has 0 aliphatic carbocycles. The number of hydrogen-bond acceptors (Lipinski definition) is 13. The van der Waals surface area contributed by atoms with Crippen LogP contribution in [0.5, 0.6) is 0 Å². The summed E-state index contributed by atoms with van der Waals surface area (Å²) in [5.74, 6) is -0.0392. The molecule has 0 saturated carbocycles. The summed E-state index contributed by atoms with van der Waals surface area (Å²) >= 11 is 0. The molecule has 1 aliphatic rings. The molecule has 0 radical (unpaired) electrons. The van der Waals surface area contributed by atoms with Gasteiger partial charge in [0.25, 0.3) is 5.56 Å². The number of H-pyrrole nitrogens is 1. The molecule has 1 aliphatic heterocycles. The van der Waals surface area contributed by atoms with Crippen LogP contribution in [0.4, 0.5) is 0 Å². The fraction of sp³-hybridized carbons (Fsp3) is 0.722. The van der Waals surface area contributed by atoms with Crippen LogP contribution >= 0.6 is 45.1 Å². The molecule has 2 rings (SSSR count). The Balaban J connectivity index is 2.10. The van der Waals surface area contributed by atoms with E-state index in [1.165, 1.54) is 34.7 Å². The van der Waals surface area contributed by atoms with Crippen molar-refractivity contribution < 1.29 is 60.7 Å². The predicted octanol–water partition coefficient (Wildman–Crippen LogP) is 1.50. The van der Waals surface area contributed by atoms with E-state index in [1.54, 1.807) is 6.92 Å². The van der Waals surface area contributed by atoms with Crippen LogP contribution in [0.3, 0.4) is 0 Å². The SMILES string of the molecule is CCC(=O)NCC(C)(C)SSCO[C@@H]1C[C@H](n2cc(C)c(=O)[nH]c2=O)OC1COP(=O)(O)OP(=O)(O)OP(=O)(O)O. The first-order chi connectivity index (χ1) is 18.7. The number of hydrogen-bond donors (Lipinski definition) is 6. The lowest BCUT2D eigenvalue weighted by molar-refractivity contribution is -0.120. The minimum absolute atomic E-state index is 0.0109. The lowest BCUT2D eigenvalue weighted by Crippen LogP contribution is -2.35. The van der Waals surface area contributed by atoms with E-state index in [-0.39, 0.29) is 28.6 Å². The maximum Gasteiger partial charge on any atom is 0.490 e. The average Bonchev–Trinajstić information content (AvgIpc) is 3.22. The van der Waals surface area contributed by atoms with Crippen LogP contribution in [0, 0.1) is 6.92 Å². The number of nitrogens with zero attached hydrogens (tertiary/aromatic N) is 1. The number of rotatable bonds is 16. The zero-order chi connectivity index (χ0) is 31.2. The van der Waals surface area contributed by atoms with Gasteiger partial charge in [-0.05, 0) is 20.8 Å². The molecule has 0 spiro atoms. The molecule has 5 atom stereocenters. The number of nitrogens with one attached hydrogen (secondary N) is 2. The maximum absolute atomic E-state index is 12.4. The molecule has 1 fully saturated rings. The molecule has 1 saturated heterocycles. The van der Waals surface area contributed by atoms with Gasteiger partial charge in [-0.25, -0.2) is 18.5 Å². The van der Waals surface area contributed by atoms with Crippen molar-refractivity contribution in [1.29, 1.82) is 0 Å². The number of carbonyl (C=O) groups is 1. The Labute approximate surface area is 241 Å². The van der Waals surface area contributed by atoms with Gasteiger partial charge >= 0.3 is 29.2 Å². The van der Waals surface area contributed by atoms with E-state index in [2.05, 4.69) is 18.9 Å². The second-order valence-corrected chi connectivity index (χ2v) is 16.5. The number of ether oxygens (including phenoxy) is 2. The quantitative estimate of drug-likeness (QED) is 0.0622. The van der Waals surface area contributed by atoms with E-state index >= 15 is 0 Å². The van der Waals surface area contributed by atoms with Gasteiger partial charge in [-0.1, -0.05) is 28.5 Å². The third kappa shape index (κ3) is 12.7. The molecular weight excluding hydrogens is 655 g/mol. The van der Waals surface area contributed by atoms with E-state index in [0.717, 1.165) is 4.57 Å².